The maximum Gasteiger partial charge on any atom is 0.303 e. The number of benzene rings is 3. The Morgan fingerprint density at radius 1 is 0.773 bits per heavy atom. The van der Waals surface area contributed by atoms with Crippen molar-refractivity contribution in [3.63, 3.8) is 0 Å². The molecule has 0 spiro atoms. The molecule has 66 heavy (non-hydrogen) atoms. The number of carboxylic acids is 1. The van der Waals surface area contributed by atoms with Crippen molar-refractivity contribution >= 4 is 67.4 Å². The monoisotopic (exact) mass is 989 g/mol. The van der Waals surface area contributed by atoms with E-state index in [0.29, 0.717) is 56.5 Å². The van der Waals surface area contributed by atoms with Gasteiger partial charge in [-0.3, -0.25) is 13.9 Å². The zero-order valence-electron chi connectivity index (χ0n) is 36.7. The van der Waals surface area contributed by atoms with Gasteiger partial charge in [-0.15, -0.1) is 8.67 Å². The van der Waals surface area contributed by atoms with Crippen LogP contribution >= 0.6 is 24.1 Å². The van der Waals surface area contributed by atoms with Crippen LogP contribution in [0, 0.1) is 0 Å². The molecule has 0 aliphatic carbocycles. The summed E-state index contributed by atoms with van der Waals surface area (Å²) < 4.78 is 78.8. The first kappa shape index (κ1) is 52.8. The summed E-state index contributed by atoms with van der Waals surface area (Å²) >= 11 is 1.91. The van der Waals surface area contributed by atoms with Crippen molar-refractivity contribution in [2.45, 2.75) is 105 Å². The molecule has 0 aromatic heterocycles. The van der Waals surface area contributed by atoms with Crippen LogP contribution in [0.25, 0.3) is 0 Å². The topological polar surface area (TPSA) is 230 Å². The molecule has 3 aromatic carbocycles. The molecule has 0 bridgehead atoms. The zero-order valence-corrected chi connectivity index (χ0v) is 40.0. The minimum absolute atomic E-state index is 0.0383. The predicted octanol–water partition coefficient (Wildman–Crippen LogP) is 10.2. The smallest absolute Gasteiger partial charge is 0.303 e. The number of anilines is 1. The number of carbonyl (C=O) groups is 1. The van der Waals surface area contributed by atoms with Crippen LogP contribution in [0.15, 0.2) is 125 Å². The van der Waals surface area contributed by atoms with Crippen LogP contribution in [-0.4, -0.2) is 75.9 Å². The second-order valence-electron chi connectivity index (χ2n) is 16.4. The highest BCUT2D eigenvalue weighted by molar-refractivity contribution is 7.94. The van der Waals surface area contributed by atoms with E-state index in [9.17, 15) is 30.7 Å². The molecule has 0 saturated heterocycles. The van der Waals surface area contributed by atoms with Gasteiger partial charge in [0, 0.05) is 75.7 Å². The summed E-state index contributed by atoms with van der Waals surface area (Å²) in [7, 11) is -8.75. The third-order valence-electron chi connectivity index (χ3n) is 11.8. The fraction of sp³-hybridized carbons (Fsp3) is 0.391. The van der Waals surface area contributed by atoms with Gasteiger partial charge in [0.2, 0.25) is 5.69 Å². The van der Waals surface area contributed by atoms with Gasteiger partial charge in [-0.2, -0.15) is 21.4 Å². The van der Waals surface area contributed by atoms with Gasteiger partial charge in [0.1, 0.15) is 0 Å². The first-order chi connectivity index (χ1) is 31.5. The Morgan fingerprint density at radius 3 is 2.20 bits per heavy atom. The van der Waals surface area contributed by atoms with Crippen LogP contribution in [0.5, 0.6) is 0 Å². The van der Waals surface area contributed by atoms with Crippen molar-refractivity contribution in [2.24, 2.45) is 0 Å². The highest BCUT2D eigenvalue weighted by Gasteiger charge is 2.48. The van der Waals surface area contributed by atoms with Crippen LogP contribution in [0.4, 0.5) is 11.4 Å². The lowest BCUT2D eigenvalue weighted by Crippen LogP contribution is -2.31. The van der Waals surface area contributed by atoms with E-state index in [0.717, 1.165) is 82.2 Å². The molecule has 2 unspecified atom stereocenters. The van der Waals surface area contributed by atoms with Gasteiger partial charge in [0.25, 0.3) is 20.2 Å². The van der Waals surface area contributed by atoms with E-state index in [-0.39, 0.29) is 17.7 Å². The van der Waals surface area contributed by atoms with Crippen molar-refractivity contribution in [1.82, 2.24) is 0 Å². The average Bonchev–Trinajstić information content (AvgIpc) is 3.64. The molecule has 0 fully saturated rings. The molecular formula is C46H57N2O14S4+. The minimum atomic E-state index is -4.56. The van der Waals surface area contributed by atoms with E-state index in [1.54, 1.807) is 6.07 Å². The molecule has 0 saturated carbocycles. The Balaban J connectivity index is 1.49. The number of fused-ring (bicyclic) bond motifs is 2. The quantitative estimate of drug-likeness (QED) is 0.00866. The van der Waals surface area contributed by atoms with E-state index < -0.39 is 42.8 Å². The number of hydrogen-bond donors (Lipinski definition) is 5. The Hall–Kier alpha value is -4.16. The van der Waals surface area contributed by atoms with E-state index in [2.05, 4.69) is 49.0 Å². The summed E-state index contributed by atoms with van der Waals surface area (Å²) in [6.45, 7) is 5.22. The first-order valence-corrected chi connectivity index (χ1v) is 26.1. The SMILES string of the molecule is CC1(CCCCS(=O)(=O)O)C(=CC=CC=CC=CC2=[N+](Cc3ccccc3)c3ccc(SOOO)cc3C2(C)CCCCSOOO)N(CCCCCC(=O)O)c2ccc(S(=O)(=O)O)cc21. The molecule has 2 aliphatic rings. The van der Waals surface area contributed by atoms with Gasteiger partial charge in [-0.05, 0) is 94.3 Å². The number of unbranched alkanes of at least 4 members (excludes halogenated alkanes) is 4. The van der Waals surface area contributed by atoms with Gasteiger partial charge in [-0.25, -0.2) is 10.5 Å². The van der Waals surface area contributed by atoms with Crippen molar-refractivity contribution in [1.29, 1.82) is 0 Å². The van der Waals surface area contributed by atoms with Gasteiger partial charge < -0.3 is 10.0 Å². The normalized spacial score (nSPS) is 19.3. The van der Waals surface area contributed by atoms with Crippen LogP contribution in [0.1, 0.15) is 94.7 Å². The van der Waals surface area contributed by atoms with Gasteiger partial charge in [-0.1, -0.05) is 90.1 Å². The average molecular weight is 990 g/mol. The first-order valence-electron chi connectivity index (χ1n) is 21.4. The third kappa shape index (κ3) is 14.4. The molecule has 5 rings (SSSR count). The summed E-state index contributed by atoms with van der Waals surface area (Å²) in [5, 5.41) is 34.2. The Labute approximate surface area is 394 Å². The number of aliphatic carboxylic acids is 1. The fourth-order valence-electron chi connectivity index (χ4n) is 8.70. The Kier molecular flexibility index (Phi) is 19.8. The summed E-state index contributed by atoms with van der Waals surface area (Å²) in [5.41, 5.74) is 5.11. The largest absolute Gasteiger partial charge is 0.481 e. The predicted molar refractivity (Wildman–Crippen MR) is 253 cm³/mol. The Morgan fingerprint density at radius 2 is 1.48 bits per heavy atom. The second kappa shape index (κ2) is 24.7. The lowest BCUT2D eigenvalue weighted by atomic mass is 9.75. The molecule has 0 amide bonds. The summed E-state index contributed by atoms with van der Waals surface area (Å²) in [6.07, 6.45) is 18.6. The van der Waals surface area contributed by atoms with E-state index in [4.69, 9.17) is 20.0 Å². The maximum absolute atomic E-state index is 12.3. The summed E-state index contributed by atoms with van der Waals surface area (Å²) in [6, 6.07) is 20.5. The number of carboxylic acid groups (broad SMARTS) is 1. The van der Waals surface area contributed by atoms with Crippen LogP contribution < -0.4 is 4.90 Å². The number of allylic oxidation sites excluding steroid dienone is 8. The number of rotatable bonds is 28. The lowest BCUT2D eigenvalue weighted by Gasteiger charge is -2.30. The molecule has 2 heterocycles. The zero-order chi connectivity index (χ0) is 47.8. The summed E-state index contributed by atoms with van der Waals surface area (Å²) in [4.78, 5) is 13.7. The lowest BCUT2D eigenvalue weighted by molar-refractivity contribution is -0.455. The maximum atomic E-state index is 12.3. The van der Waals surface area contributed by atoms with Crippen LogP contribution in [0.3, 0.4) is 0 Å². The molecule has 358 valence electrons. The molecule has 2 aliphatic heterocycles. The Bertz CT molecular complexity index is 2510. The van der Waals surface area contributed by atoms with E-state index in [1.807, 2.05) is 79.8 Å². The standard InChI is InChI=1S/C46H56N2O14S4/c1-45(27-13-16-30-63-61-59-51)38-32-36(64-62-60-52)23-25-41(38)48(34-35-18-8-6-9-19-35)43(45)21-11-5-3-4-10-20-42-46(2,28-14-17-31-65(53,54)55)39-33-37(66(56,57)58)24-26-40(39)47(42)29-15-7-12-22-44(49)50/h3-6,8-11,18-21,23-26,32-33H,7,12-17,22,27-31,34H2,1-2H3,(H4-,49,50,51,52,53,54,55,56,57,58)/p+1. The second-order valence-corrected chi connectivity index (χ2v) is 20.9. The van der Waals surface area contributed by atoms with Crippen molar-refractivity contribution in [2.75, 3.05) is 23.0 Å². The highest BCUT2D eigenvalue weighted by Crippen LogP contribution is 2.52. The van der Waals surface area contributed by atoms with Crippen LogP contribution in [0.2, 0.25) is 0 Å². The molecular weight excluding hydrogens is 933 g/mol. The molecule has 2 atom stereocenters. The fourth-order valence-corrected chi connectivity index (χ4v) is 10.6. The van der Waals surface area contributed by atoms with Crippen molar-refractivity contribution in [3.05, 3.63) is 132 Å². The highest BCUT2D eigenvalue weighted by atomic mass is 32.2. The molecule has 0 radical (unpaired) electrons. The van der Waals surface area contributed by atoms with E-state index in [1.165, 1.54) is 12.1 Å². The van der Waals surface area contributed by atoms with Crippen molar-refractivity contribution in [3.8, 4) is 0 Å². The van der Waals surface area contributed by atoms with Gasteiger partial charge >= 0.3 is 5.97 Å². The molecule has 16 nitrogen and oxygen atoms in total. The molecule has 20 heteroatoms. The molecule has 3 aromatic rings. The minimum Gasteiger partial charge on any atom is -0.481 e. The van der Waals surface area contributed by atoms with Gasteiger partial charge in [0.15, 0.2) is 12.3 Å². The number of hydrogen-bond acceptors (Lipinski definition) is 14. The summed E-state index contributed by atoms with van der Waals surface area (Å²) in [5.74, 6) is -0.705. The number of nitrogens with zero attached hydrogens (tertiary/aromatic N) is 2. The van der Waals surface area contributed by atoms with Gasteiger partial charge in [0.05, 0.1) is 28.1 Å². The van der Waals surface area contributed by atoms with E-state index >= 15 is 0 Å². The van der Waals surface area contributed by atoms with Crippen molar-refractivity contribution < 1.29 is 69.7 Å². The molecule has 5 N–H and O–H groups in total. The third-order valence-corrected chi connectivity index (χ3v) is 14.7. The van der Waals surface area contributed by atoms with Crippen LogP contribution in [-0.2, 0) is 61.1 Å².